The summed E-state index contributed by atoms with van der Waals surface area (Å²) in [4.78, 5) is 12.4. The Bertz CT molecular complexity index is 892. The lowest BCUT2D eigenvalue weighted by Gasteiger charge is -2.22. The molecule has 0 fully saturated rings. The lowest BCUT2D eigenvalue weighted by Crippen LogP contribution is -2.26. The Morgan fingerprint density at radius 3 is 2.21 bits per heavy atom. The third-order valence-corrected chi connectivity index (χ3v) is 4.69. The van der Waals surface area contributed by atoms with E-state index in [1.54, 1.807) is 6.08 Å². The van der Waals surface area contributed by atoms with Gasteiger partial charge in [0, 0.05) is 6.08 Å². The molecule has 146 valence electrons. The molecule has 0 saturated carbocycles. The zero-order valence-corrected chi connectivity index (χ0v) is 15.8. The summed E-state index contributed by atoms with van der Waals surface area (Å²) in [6.45, 7) is 4.23. The topological polar surface area (TPSA) is 66.0 Å². The van der Waals surface area contributed by atoms with Crippen LogP contribution in [0.15, 0.2) is 42.5 Å². The normalized spacial score (nSPS) is 15.9. The number of hydrogen-bond acceptors (Lipinski definition) is 5. The van der Waals surface area contributed by atoms with E-state index in [4.69, 9.17) is 18.9 Å². The van der Waals surface area contributed by atoms with Crippen molar-refractivity contribution in [3.05, 3.63) is 53.6 Å². The number of hydrogen-bond donors (Lipinski definition) is 1. The first-order valence-corrected chi connectivity index (χ1v) is 9.50. The van der Waals surface area contributed by atoms with Crippen molar-refractivity contribution in [3.63, 3.8) is 0 Å². The van der Waals surface area contributed by atoms with Crippen molar-refractivity contribution in [2.24, 2.45) is 0 Å². The van der Waals surface area contributed by atoms with E-state index < -0.39 is 0 Å². The van der Waals surface area contributed by atoms with E-state index in [9.17, 15) is 4.79 Å². The second kappa shape index (κ2) is 8.25. The van der Waals surface area contributed by atoms with E-state index in [0.29, 0.717) is 32.2 Å². The van der Waals surface area contributed by atoms with Gasteiger partial charge in [0.1, 0.15) is 26.4 Å². The molecule has 6 heteroatoms. The standard InChI is InChI=1S/C22H23NO5/c1-2-17(16-5-7-19-21(14-16)28-12-10-26-19)23-22(24)8-4-15-3-6-18-20(13-15)27-11-9-25-18/h3-8,13-14,17H,2,9-12H2,1H3,(H,23,24)/b8-4+/t17-/m1/s1. The monoisotopic (exact) mass is 381 g/mol. The molecule has 1 N–H and O–H groups in total. The lowest BCUT2D eigenvalue weighted by molar-refractivity contribution is -0.117. The fourth-order valence-corrected chi connectivity index (χ4v) is 3.25. The summed E-state index contributed by atoms with van der Waals surface area (Å²) in [5, 5.41) is 3.04. The fraction of sp³-hybridized carbons (Fsp3) is 0.318. The molecule has 1 atom stereocenters. The number of nitrogens with one attached hydrogen (secondary N) is 1. The molecule has 0 saturated heterocycles. The molecule has 2 heterocycles. The highest BCUT2D eigenvalue weighted by Crippen LogP contribution is 2.33. The van der Waals surface area contributed by atoms with Gasteiger partial charge < -0.3 is 24.3 Å². The van der Waals surface area contributed by atoms with Crippen molar-refractivity contribution in [2.75, 3.05) is 26.4 Å². The van der Waals surface area contributed by atoms with Gasteiger partial charge in [-0.3, -0.25) is 4.79 Å². The zero-order valence-electron chi connectivity index (χ0n) is 15.8. The molecule has 0 radical (unpaired) electrons. The van der Waals surface area contributed by atoms with Gasteiger partial charge in [-0.15, -0.1) is 0 Å². The van der Waals surface area contributed by atoms with E-state index in [1.165, 1.54) is 6.08 Å². The number of carbonyl (C=O) groups excluding carboxylic acids is 1. The summed E-state index contributed by atoms with van der Waals surface area (Å²) >= 11 is 0. The van der Waals surface area contributed by atoms with Crippen LogP contribution in [0.3, 0.4) is 0 Å². The second-order valence-corrected chi connectivity index (χ2v) is 6.61. The Hall–Kier alpha value is -3.15. The van der Waals surface area contributed by atoms with Gasteiger partial charge in [0.05, 0.1) is 6.04 Å². The minimum atomic E-state index is -0.156. The molecule has 0 aliphatic carbocycles. The van der Waals surface area contributed by atoms with E-state index >= 15 is 0 Å². The van der Waals surface area contributed by atoms with E-state index in [2.05, 4.69) is 5.32 Å². The molecular weight excluding hydrogens is 358 g/mol. The minimum Gasteiger partial charge on any atom is -0.486 e. The van der Waals surface area contributed by atoms with Crippen LogP contribution in [0.5, 0.6) is 23.0 Å². The van der Waals surface area contributed by atoms with Crippen LogP contribution >= 0.6 is 0 Å². The molecular formula is C22H23NO5. The molecule has 0 bridgehead atoms. The molecule has 2 aliphatic rings. The van der Waals surface area contributed by atoms with Crippen molar-refractivity contribution in [1.82, 2.24) is 5.32 Å². The Morgan fingerprint density at radius 1 is 0.929 bits per heavy atom. The Balaban J connectivity index is 1.42. The van der Waals surface area contributed by atoms with Crippen LogP contribution in [0.25, 0.3) is 6.08 Å². The van der Waals surface area contributed by atoms with Crippen LogP contribution in [0.1, 0.15) is 30.5 Å². The van der Waals surface area contributed by atoms with Gasteiger partial charge >= 0.3 is 0 Å². The molecule has 28 heavy (non-hydrogen) atoms. The Morgan fingerprint density at radius 2 is 1.54 bits per heavy atom. The summed E-state index contributed by atoms with van der Waals surface area (Å²) in [7, 11) is 0. The predicted molar refractivity (Wildman–Crippen MR) is 105 cm³/mol. The smallest absolute Gasteiger partial charge is 0.244 e. The highest BCUT2D eigenvalue weighted by molar-refractivity contribution is 5.92. The van der Waals surface area contributed by atoms with Crippen LogP contribution < -0.4 is 24.3 Å². The minimum absolute atomic E-state index is 0.103. The van der Waals surface area contributed by atoms with Gasteiger partial charge in [-0.25, -0.2) is 0 Å². The average molecular weight is 381 g/mol. The largest absolute Gasteiger partial charge is 0.486 e. The molecule has 2 aromatic carbocycles. The summed E-state index contributed by atoms with van der Waals surface area (Å²) in [5.74, 6) is 2.75. The maximum atomic E-state index is 12.4. The van der Waals surface area contributed by atoms with Crippen LogP contribution in [0.2, 0.25) is 0 Å². The summed E-state index contributed by atoms with van der Waals surface area (Å²) in [6, 6.07) is 11.3. The van der Waals surface area contributed by atoms with Gasteiger partial charge in [-0.1, -0.05) is 19.1 Å². The fourth-order valence-electron chi connectivity index (χ4n) is 3.25. The molecule has 4 rings (SSSR count). The Kier molecular flexibility index (Phi) is 5.37. The summed E-state index contributed by atoms with van der Waals surface area (Å²) in [6.07, 6.45) is 4.07. The van der Waals surface area contributed by atoms with Gasteiger partial charge in [-0.05, 0) is 47.9 Å². The summed E-state index contributed by atoms with van der Waals surface area (Å²) in [5.41, 5.74) is 1.87. The van der Waals surface area contributed by atoms with Gasteiger partial charge in [0.2, 0.25) is 5.91 Å². The van der Waals surface area contributed by atoms with Gasteiger partial charge in [-0.2, -0.15) is 0 Å². The highest BCUT2D eigenvalue weighted by atomic mass is 16.6. The third kappa shape index (κ3) is 4.06. The molecule has 0 unspecified atom stereocenters. The average Bonchev–Trinajstić information content (AvgIpc) is 2.75. The first kappa shape index (κ1) is 18.2. The van der Waals surface area contributed by atoms with E-state index in [1.807, 2.05) is 43.3 Å². The van der Waals surface area contributed by atoms with Crippen molar-refractivity contribution in [2.45, 2.75) is 19.4 Å². The van der Waals surface area contributed by atoms with Crippen LogP contribution in [0.4, 0.5) is 0 Å². The number of ether oxygens (including phenoxy) is 4. The van der Waals surface area contributed by atoms with Crippen molar-refractivity contribution >= 4 is 12.0 Å². The first-order valence-electron chi connectivity index (χ1n) is 9.50. The van der Waals surface area contributed by atoms with Crippen molar-refractivity contribution in [1.29, 1.82) is 0 Å². The first-order chi connectivity index (χ1) is 13.7. The van der Waals surface area contributed by atoms with Gasteiger partial charge in [0.15, 0.2) is 23.0 Å². The van der Waals surface area contributed by atoms with E-state index in [-0.39, 0.29) is 11.9 Å². The lowest BCUT2D eigenvalue weighted by atomic mass is 10.0. The number of rotatable bonds is 5. The summed E-state index contributed by atoms with van der Waals surface area (Å²) < 4.78 is 22.3. The van der Waals surface area contributed by atoms with Crippen LogP contribution in [-0.4, -0.2) is 32.3 Å². The van der Waals surface area contributed by atoms with Crippen molar-refractivity contribution < 1.29 is 23.7 Å². The molecule has 2 aliphatic heterocycles. The number of benzene rings is 2. The maximum absolute atomic E-state index is 12.4. The third-order valence-electron chi connectivity index (χ3n) is 4.69. The number of amides is 1. The van der Waals surface area contributed by atoms with Gasteiger partial charge in [0.25, 0.3) is 0 Å². The van der Waals surface area contributed by atoms with E-state index in [0.717, 1.165) is 34.8 Å². The predicted octanol–water partition coefficient (Wildman–Crippen LogP) is 3.51. The molecule has 6 nitrogen and oxygen atoms in total. The maximum Gasteiger partial charge on any atom is 0.244 e. The molecule has 2 aromatic rings. The van der Waals surface area contributed by atoms with Crippen LogP contribution in [-0.2, 0) is 4.79 Å². The zero-order chi connectivity index (χ0) is 19.3. The SMILES string of the molecule is CC[C@@H](NC(=O)/C=C/c1ccc2c(c1)OCCO2)c1ccc2c(c1)OCCO2. The quantitative estimate of drug-likeness (QED) is 0.803. The molecule has 1 amide bonds. The van der Waals surface area contributed by atoms with Crippen LogP contribution in [0, 0.1) is 0 Å². The number of fused-ring (bicyclic) bond motifs is 2. The highest BCUT2D eigenvalue weighted by Gasteiger charge is 2.17. The number of carbonyl (C=O) groups is 1. The molecule has 0 spiro atoms. The Labute approximate surface area is 164 Å². The molecule has 0 aromatic heterocycles. The van der Waals surface area contributed by atoms with Crippen molar-refractivity contribution in [3.8, 4) is 23.0 Å². The second-order valence-electron chi connectivity index (χ2n) is 6.61.